The zero-order valence-electron chi connectivity index (χ0n) is 12.8. The molecular formula is C18H19NO3. The van der Waals surface area contributed by atoms with Crippen LogP contribution in [0.25, 0.3) is 21.8 Å². The Bertz CT molecular complexity index is 867. The van der Waals surface area contributed by atoms with Gasteiger partial charge in [0, 0.05) is 17.9 Å². The van der Waals surface area contributed by atoms with Gasteiger partial charge in [0.1, 0.15) is 6.73 Å². The molecule has 0 atom stereocenters. The van der Waals surface area contributed by atoms with Crippen LogP contribution >= 0.6 is 0 Å². The summed E-state index contributed by atoms with van der Waals surface area (Å²) in [6.45, 7) is 3.48. The topological polar surface area (TPSA) is 40.5 Å². The summed E-state index contributed by atoms with van der Waals surface area (Å²) in [6, 6.07) is 13.5. The van der Waals surface area contributed by atoms with Crippen molar-refractivity contribution in [2.24, 2.45) is 0 Å². The summed E-state index contributed by atoms with van der Waals surface area (Å²) in [4.78, 5) is 12.7. The Morgan fingerprint density at radius 2 is 1.77 bits per heavy atom. The van der Waals surface area contributed by atoms with Crippen molar-refractivity contribution in [3.8, 4) is 0 Å². The molecule has 0 saturated heterocycles. The zero-order valence-corrected chi connectivity index (χ0v) is 12.8. The smallest absolute Gasteiger partial charge is 0.197 e. The van der Waals surface area contributed by atoms with E-state index in [1.807, 2.05) is 49.4 Å². The first-order valence-electron chi connectivity index (χ1n) is 7.31. The van der Waals surface area contributed by atoms with E-state index in [4.69, 9.17) is 9.47 Å². The number of nitrogens with zero attached hydrogens (tertiary/aromatic N) is 1. The van der Waals surface area contributed by atoms with E-state index in [1.165, 1.54) is 0 Å². The molecule has 0 aliphatic carbocycles. The van der Waals surface area contributed by atoms with Gasteiger partial charge in [-0.05, 0) is 36.8 Å². The number of aromatic nitrogens is 1. The summed E-state index contributed by atoms with van der Waals surface area (Å²) in [5.74, 6) is 0. The number of ether oxygens (including phenoxy) is 2. The average Bonchev–Trinajstić information content (AvgIpc) is 2.54. The lowest BCUT2D eigenvalue weighted by atomic mass is 10.1. The van der Waals surface area contributed by atoms with Gasteiger partial charge >= 0.3 is 0 Å². The van der Waals surface area contributed by atoms with Crippen LogP contribution in [0.2, 0.25) is 0 Å². The van der Waals surface area contributed by atoms with Gasteiger partial charge in [-0.15, -0.1) is 0 Å². The molecule has 1 heterocycles. The van der Waals surface area contributed by atoms with E-state index in [1.54, 1.807) is 7.11 Å². The standard InChI is InChI=1S/C18H19NO3/c1-13-7-8-15-17(11-13)19(12-22-10-9-21-2)16-6-4-3-5-14(16)18(15)20/h3-8,11H,9-10,12H2,1-2H3. The van der Waals surface area contributed by atoms with Gasteiger partial charge in [-0.25, -0.2) is 0 Å². The lowest BCUT2D eigenvalue weighted by Gasteiger charge is -2.15. The molecule has 4 nitrogen and oxygen atoms in total. The zero-order chi connectivity index (χ0) is 15.5. The second-order valence-corrected chi connectivity index (χ2v) is 5.33. The molecule has 3 rings (SSSR count). The van der Waals surface area contributed by atoms with E-state index in [2.05, 4.69) is 4.57 Å². The highest BCUT2D eigenvalue weighted by Gasteiger charge is 2.10. The Balaban J connectivity index is 2.21. The maximum absolute atomic E-state index is 12.7. The molecule has 0 spiro atoms. The molecular weight excluding hydrogens is 278 g/mol. The number of aryl methyl sites for hydroxylation is 1. The number of hydrogen-bond donors (Lipinski definition) is 0. The number of hydrogen-bond acceptors (Lipinski definition) is 3. The monoisotopic (exact) mass is 297 g/mol. The number of benzene rings is 2. The van der Waals surface area contributed by atoms with Crippen LogP contribution in [0.1, 0.15) is 5.56 Å². The number of rotatable bonds is 5. The molecule has 2 aromatic carbocycles. The first-order chi connectivity index (χ1) is 10.7. The van der Waals surface area contributed by atoms with E-state index < -0.39 is 0 Å². The molecule has 4 heteroatoms. The SMILES string of the molecule is COCCOCn1c2ccccc2c(=O)c2ccc(C)cc21. The van der Waals surface area contributed by atoms with Crippen LogP contribution in [0.15, 0.2) is 47.3 Å². The van der Waals surface area contributed by atoms with Crippen molar-refractivity contribution in [3.63, 3.8) is 0 Å². The van der Waals surface area contributed by atoms with Gasteiger partial charge in [0.25, 0.3) is 0 Å². The van der Waals surface area contributed by atoms with E-state index >= 15 is 0 Å². The third-order valence-corrected chi connectivity index (χ3v) is 3.78. The fraction of sp³-hybridized carbons (Fsp3) is 0.278. The van der Waals surface area contributed by atoms with Gasteiger partial charge in [0.2, 0.25) is 0 Å². The average molecular weight is 297 g/mol. The molecule has 0 radical (unpaired) electrons. The van der Waals surface area contributed by atoms with E-state index in [9.17, 15) is 4.79 Å². The highest BCUT2D eigenvalue weighted by molar-refractivity contribution is 5.93. The van der Waals surface area contributed by atoms with Crippen molar-refractivity contribution in [2.45, 2.75) is 13.7 Å². The predicted octanol–water partition coefficient (Wildman–Crippen LogP) is 3.08. The van der Waals surface area contributed by atoms with E-state index in [-0.39, 0.29) is 5.43 Å². The maximum Gasteiger partial charge on any atom is 0.197 e. The molecule has 1 aromatic heterocycles. The van der Waals surface area contributed by atoms with Crippen molar-refractivity contribution in [1.29, 1.82) is 0 Å². The van der Waals surface area contributed by atoms with Crippen molar-refractivity contribution >= 4 is 21.8 Å². The summed E-state index contributed by atoms with van der Waals surface area (Å²) >= 11 is 0. The van der Waals surface area contributed by atoms with Gasteiger partial charge in [0.15, 0.2) is 5.43 Å². The second kappa shape index (κ2) is 6.30. The van der Waals surface area contributed by atoms with Crippen LogP contribution in [-0.4, -0.2) is 24.9 Å². The van der Waals surface area contributed by atoms with Crippen LogP contribution in [0, 0.1) is 6.92 Å². The van der Waals surface area contributed by atoms with Crippen LogP contribution in [0.5, 0.6) is 0 Å². The largest absolute Gasteiger partial charge is 0.382 e. The van der Waals surface area contributed by atoms with Crippen LogP contribution in [0.3, 0.4) is 0 Å². The molecule has 0 saturated carbocycles. The van der Waals surface area contributed by atoms with Crippen molar-refractivity contribution < 1.29 is 9.47 Å². The van der Waals surface area contributed by atoms with E-state index in [0.29, 0.717) is 25.3 Å². The summed E-state index contributed by atoms with van der Waals surface area (Å²) in [5.41, 5.74) is 2.98. The quantitative estimate of drug-likeness (QED) is 0.537. The van der Waals surface area contributed by atoms with E-state index in [0.717, 1.165) is 22.0 Å². The van der Waals surface area contributed by atoms with Crippen molar-refractivity contribution in [1.82, 2.24) is 4.57 Å². The van der Waals surface area contributed by atoms with Gasteiger partial charge < -0.3 is 14.0 Å². The molecule has 0 aliphatic heterocycles. The third-order valence-electron chi connectivity index (χ3n) is 3.78. The Hall–Kier alpha value is -2.17. The summed E-state index contributed by atoms with van der Waals surface area (Å²) in [5, 5.41) is 1.44. The van der Waals surface area contributed by atoms with Gasteiger partial charge in [-0.2, -0.15) is 0 Å². The Morgan fingerprint density at radius 3 is 2.59 bits per heavy atom. The fourth-order valence-corrected chi connectivity index (χ4v) is 2.67. The normalized spacial score (nSPS) is 11.4. The Morgan fingerprint density at radius 1 is 1.00 bits per heavy atom. The summed E-state index contributed by atoms with van der Waals surface area (Å²) < 4.78 is 12.8. The van der Waals surface area contributed by atoms with Crippen LogP contribution in [-0.2, 0) is 16.2 Å². The Kier molecular flexibility index (Phi) is 4.22. The van der Waals surface area contributed by atoms with Crippen LogP contribution < -0.4 is 5.43 Å². The molecule has 0 fully saturated rings. The predicted molar refractivity (Wildman–Crippen MR) is 88.3 cm³/mol. The summed E-state index contributed by atoms with van der Waals surface area (Å²) in [6.07, 6.45) is 0. The molecule has 114 valence electrons. The van der Waals surface area contributed by atoms with Crippen molar-refractivity contribution in [3.05, 3.63) is 58.3 Å². The van der Waals surface area contributed by atoms with Crippen molar-refractivity contribution in [2.75, 3.05) is 20.3 Å². The number of fused-ring (bicyclic) bond motifs is 2. The Labute approximate surface area is 128 Å². The minimum atomic E-state index is 0.0683. The molecule has 0 unspecified atom stereocenters. The van der Waals surface area contributed by atoms with Gasteiger partial charge in [0.05, 0.1) is 24.2 Å². The summed E-state index contributed by atoms with van der Waals surface area (Å²) in [7, 11) is 1.65. The minimum Gasteiger partial charge on any atom is -0.382 e. The minimum absolute atomic E-state index is 0.0683. The molecule has 0 bridgehead atoms. The molecule has 3 aromatic rings. The lowest BCUT2D eigenvalue weighted by molar-refractivity contribution is 0.0375. The van der Waals surface area contributed by atoms with Gasteiger partial charge in [-0.3, -0.25) is 4.79 Å². The number of pyridine rings is 1. The molecule has 22 heavy (non-hydrogen) atoms. The number of para-hydroxylation sites is 1. The maximum atomic E-state index is 12.7. The number of methoxy groups -OCH3 is 1. The fourth-order valence-electron chi connectivity index (χ4n) is 2.67. The first kappa shape index (κ1) is 14.8. The highest BCUT2D eigenvalue weighted by Crippen LogP contribution is 2.20. The molecule has 0 amide bonds. The third kappa shape index (κ3) is 2.63. The van der Waals surface area contributed by atoms with Gasteiger partial charge in [-0.1, -0.05) is 18.2 Å². The molecule has 0 N–H and O–H groups in total. The second-order valence-electron chi connectivity index (χ2n) is 5.33. The lowest BCUT2D eigenvalue weighted by Crippen LogP contribution is -2.14. The highest BCUT2D eigenvalue weighted by atomic mass is 16.5. The molecule has 0 aliphatic rings. The first-order valence-corrected chi connectivity index (χ1v) is 7.31. The van der Waals surface area contributed by atoms with Crippen LogP contribution in [0.4, 0.5) is 0 Å².